The number of nitrogens with zero attached hydrogens (tertiary/aromatic N) is 1. The molecule has 0 spiro atoms. The highest BCUT2D eigenvalue weighted by molar-refractivity contribution is 9.09. The Morgan fingerprint density at radius 2 is 2.28 bits per heavy atom. The van der Waals surface area contributed by atoms with Crippen LogP contribution < -0.4 is 0 Å². The van der Waals surface area contributed by atoms with Gasteiger partial charge in [0, 0.05) is 11.8 Å². The van der Waals surface area contributed by atoms with E-state index in [0.29, 0.717) is 18.4 Å². The minimum atomic E-state index is -0.392. The molecular weight excluding hydrogens is 294 g/mol. The minimum Gasteiger partial charge on any atom is -0.448 e. The third-order valence-corrected chi connectivity index (χ3v) is 3.96. The zero-order valence-electron chi connectivity index (χ0n) is 10.5. The van der Waals surface area contributed by atoms with Gasteiger partial charge in [-0.1, -0.05) is 26.0 Å². The maximum Gasteiger partial charge on any atom is 0.294 e. The van der Waals surface area contributed by atoms with Crippen molar-refractivity contribution in [1.82, 2.24) is 0 Å². The first-order valence-electron chi connectivity index (χ1n) is 6.01. The number of halogens is 1. The summed E-state index contributed by atoms with van der Waals surface area (Å²) >= 11 is 3.31. The zero-order valence-corrected chi connectivity index (χ0v) is 12.1. The molecule has 2 atom stereocenters. The highest BCUT2D eigenvalue weighted by Crippen LogP contribution is 2.28. The van der Waals surface area contributed by atoms with Crippen molar-refractivity contribution >= 4 is 28.6 Å². The Labute approximate surface area is 115 Å². The molecule has 1 aliphatic rings. The number of aliphatic imine (C=N–C) groups is 1. The standard InChI is InChI=1S/C14H16BrNO2/c1-9(2)13-6-10-3-4-11(14(15)18-8-17)5-12(10)7-16-13/h3-5,7-9,13-14H,6H2,1-2H3. The summed E-state index contributed by atoms with van der Waals surface area (Å²) in [4.78, 5) is 14.9. The van der Waals surface area contributed by atoms with Crippen molar-refractivity contribution in [2.45, 2.75) is 31.3 Å². The summed E-state index contributed by atoms with van der Waals surface area (Å²) in [5.41, 5.74) is 3.34. The van der Waals surface area contributed by atoms with E-state index in [9.17, 15) is 4.79 Å². The van der Waals surface area contributed by atoms with Crippen molar-refractivity contribution in [2.75, 3.05) is 0 Å². The van der Waals surface area contributed by atoms with E-state index in [1.54, 1.807) is 0 Å². The summed E-state index contributed by atoms with van der Waals surface area (Å²) in [7, 11) is 0. The number of hydrogen-bond acceptors (Lipinski definition) is 3. The monoisotopic (exact) mass is 309 g/mol. The van der Waals surface area contributed by atoms with Crippen LogP contribution in [0.15, 0.2) is 23.2 Å². The highest BCUT2D eigenvalue weighted by Gasteiger charge is 2.19. The molecule has 0 saturated heterocycles. The van der Waals surface area contributed by atoms with Crippen molar-refractivity contribution in [1.29, 1.82) is 0 Å². The Bertz CT molecular complexity index is 471. The van der Waals surface area contributed by atoms with Crippen LogP contribution in [-0.4, -0.2) is 18.7 Å². The lowest BCUT2D eigenvalue weighted by Gasteiger charge is -2.22. The van der Waals surface area contributed by atoms with Crippen molar-refractivity contribution in [2.24, 2.45) is 10.9 Å². The van der Waals surface area contributed by atoms with Crippen LogP contribution in [0.1, 0.15) is 35.6 Å². The van der Waals surface area contributed by atoms with Gasteiger partial charge in [0.25, 0.3) is 6.47 Å². The molecule has 3 nitrogen and oxygen atoms in total. The van der Waals surface area contributed by atoms with E-state index >= 15 is 0 Å². The van der Waals surface area contributed by atoms with Gasteiger partial charge in [-0.3, -0.25) is 9.79 Å². The van der Waals surface area contributed by atoms with Gasteiger partial charge in [0.2, 0.25) is 0 Å². The molecule has 0 fully saturated rings. The second-order valence-electron chi connectivity index (χ2n) is 4.80. The third-order valence-electron chi connectivity index (χ3n) is 3.21. The first kappa shape index (κ1) is 13.3. The molecule has 0 saturated carbocycles. The van der Waals surface area contributed by atoms with Gasteiger partial charge in [0.05, 0.1) is 6.04 Å². The molecular formula is C14H16BrNO2. The van der Waals surface area contributed by atoms with E-state index in [2.05, 4.69) is 40.8 Å². The second kappa shape index (κ2) is 5.65. The molecule has 0 bridgehead atoms. The van der Waals surface area contributed by atoms with Crippen LogP contribution in [0, 0.1) is 5.92 Å². The molecule has 0 aliphatic carbocycles. The smallest absolute Gasteiger partial charge is 0.294 e. The van der Waals surface area contributed by atoms with Crippen LogP contribution in [0.2, 0.25) is 0 Å². The number of carbonyl (C=O) groups is 1. The molecule has 1 aromatic rings. The van der Waals surface area contributed by atoms with Gasteiger partial charge >= 0.3 is 0 Å². The predicted molar refractivity (Wildman–Crippen MR) is 75.2 cm³/mol. The molecule has 2 rings (SSSR count). The van der Waals surface area contributed by atoms with Crippen LogP contribution in [0.5, 0.6) is 0 Å². The first-order valence-corrected chi connectivity index (χ1v) is 6.92. The number of carbonyl (C=O) groups excluding carboxylic acids is 1. The van der Waals surface area contributed by atoms with Crippen molar-refractivity contribution < 1.29 is 9.53 Å². The largest absolute Gasteiger partial charge is 0.448 e. The van der Waals surface area contributed by atoms with Crippen LogP contribution >= 0.6 is 15.9 Å². The maximum absolute atomic E-state index is 10.3. The number of benzene rings is 1. The SMILES string of the molecule is CC(C)C1Cc2ccc(C(Br)OC=O)cc2C=N1. The molecule has 96 valence electrons. The lowest BCUT2D eigenvalue weighted by molar-refractivity contribution is -0.129. The van der Waals surface area contributed by atoms with Crippen LogP contribution in [0.25, 0.3) is 0 Å². The van der Waals surface area contributed by atoms with Gasteiger partial charge in [-0.25, -0.2) is 0 Å². The van der Waals surface area contributed by atoms with Crippen molar-refractivity contribution in [3.8, 4) is 0 Å². The molecule has 4 heteroatoms. The quantitative estimate of drug-likeness (QED) is 0.632. The number of ether oxygens (including phenoxy) is 1. The Balaban J connectivity index is 2.23. The van der Waals surface area contributed by atoms with Gasteiger partial charge in [-0.15, -0.1) is 0 Å². The van der Waals surface area contributed by atoms with Gasteiger partial charge in [-0.05, 0) is 45.5 Å². The summed E-state index contributed by atoms with van der Waals surface area (Å²) < 4.78 is 4.87. The summed E-state index contributed by atoms with van der Waals surface area (Å²) in [6, 6.07) is 6.46. The summed E-state index contributed by atoms with van der Waals surface area (Å²) in [6.07, 6.45) is 2.90. The molecule has 1 heterocycles. The first-order chi connectivity index (χ1) is 8.61. The molecule has 1 aliphatic heterocycles. The van der Waals surface area contributed by atoms with Gasteiger partial charge in [0.15, 0.2) is 5.01 Å². The van der Waals surface area contributed by atoms with Crippen LogP contribution in [0.4, 0.5) is 0 Å². The molecule has 1 aromatic carbocycles. The summed E-state index contributed by atoms with van der Waals surface area (Å²) in [5, 5.41) is -0.392. The van der Waals surface area contributed by atoms with Gasteiger partial charge in [0.1, 0.15) is 0 Å². The van der Waals surface area contributed by atoms with E-state index in [-0.39, 0.29) is 0 Å². The minimum absolute atomic E-state index is 0.370. The fourth-order valence-corrected chi connectivity index (χ4v) is 2.42. The molecule has 18 heavy (non-hydrogen) atoms. The van der Waals surface area contributed by atoms with E-state index in [1.165, 1.54) is 5.56 Å². The maximum atomic E-state index is 10.3. The van der Waals surface area contributed by atoms with Gasteiger partial charge < -0.3 is 4.74 Å². The van der Waals surface area contributed by atoms with Gasteiger partial charge in [-0.2, -0.15) is 0 Å². The fraction of sp³-hybridized carbons (Fsp3) is 0.429. The second-order valence-corrected chi connectivity index (χ2v) is 5.63. The van der Waals surface area contributed by atoms with Crippen molar-refractivity contribution in [3.63, 3.8) is 0 Å². The van der Waals surface area contributed by atoms with E-state index in [4.69, 9.17) is 4.74 Å². The van der Waals surface area contributed by atoms with E-state index < -0.39 is 5.01 Å². The molecule has 0 N–H and O–H groups in total. The topological polar surface area (TPSA) is 38.7 Å². The third kappa shape index (κ3) is 2.80. The normalized spacial score (nSPS) is 19.4. The molecule has 2 unspecified atom stereocenters. The molecule has 0 aromatic heterocycles. The number of rotatable bonds is 4. The van der Waals surface area contributed by atoms with E-state index in [1.807, 2.05) is 18.3 Å². The summed E-state index contributed by atoms with van der Waals surface area (Å²) in [5.74, 6) is 0.552. The average Bonchev–Trinajstić information content (AvgIpc) is 2.37. The Hall–Kier alpha value is -1.16. The average molecular weight is 310 g/mol. The predicted octanol–water partition coefficient (Wildman–Crippen LogP) is 3.25. The Morgan fingerprint density at radius 3 is 2.94 bits per heavy atom. The fourth-order valence-electron chi connectivity index (χ4n) is 2.05. The summed E-state index contributed by atoms with van der Waals surface area (Å²) in [6.45, 7) is 4.82. The lowest BCUT2D eigenvalue weighted by atomic mass is 9.91. The Kier molecular flexibility index (Phi) is 4.17. The number of hydrogen-bond donors (Lipinski definition) is 0. The number of alkyl halides is 1. The highest BCUT2D eigenvalue weighted by atomic mass is 79.9. The number of fused-ring (bicyclic) bond motifs is 1. The van der Waals surface area contributed by atoms with Crippen molar-refractivity contribution in [3.05, 3.63) is 34.9 Å². The Morgan fingerprint density at radius 1 is 1.50 bits per heavy atom. The lowest BCUT2D eigenvalue weighted by Crippen LogP contribution is -2.21. The van der Waals surface area contributed by atoms with Crippen LogP contribution in [0.3, 0.4) is 0 Å². The van der Waals surface area contributed by atoms with Crippen LogP contribution in [-0.2, 0) is 16.0 Å². The molecule has 0 radical (unpaired) electrons. The molecule has 0 amide bonds. The zero-order chi connectivity index (χ0) is 13.1. The van der Waals surface area contributed by atoms with E-state index in [0.717, 1.165) is 17.5 Å².